The molecule has 1 aliphatic carbocycles. The van der Waals surface area contributed by atoms with Crippen LogP contribution in [-0.2, 0) is 5.41 Å². The molecule has 0 radical (unpaired) electrons. The van der Waals surface area contributed by atoms with Crippen molar-refractivity contribution >= 4 is 23.4 Å². The van der Waals surface area contributed by atoms with Gasteiger partial charge in [-0.25, -0.2) is 9.97 Å². The van der Waals surface area contributed by atoms with Crippen molar-refractivity contribution in [1.29, 1.82) is 0 Å². The summed E-state index contributed by atoms with van der Waals surface area (Å²) in [5, 5.41) is 3.47. The van der Waals surface area contributed by atoms with E-state index in [0.717, 1.165) is 23.8 Å². The first kappa shape index (κ1) is 14.4. The lowest BCUT2D eigenvalue weighted by Crippen LogP contribution is -2.22. The van der Waals surface area contributed by atoms with Crippen molar-refractivity contribution in [2.75, 3.05) is 23.9 Å². The van der Waals surface area contributed by atoms with E-state index in [1.165, 1.54) is 12.8 Å². The smallest absolute Gasteiger partial charge is 0.138 e. The highest BCUT2D eigenvalue weighted by molar-refractivity contribution is 8.00. The Bertz CT molecular complexity index is 475. The highest BCUT2D eigenvalue weighted by atomic mass is 32.2. The molecule has 0 spiro atoms. The Labute approximate surface area is 120 Å². The zero-order chi connectivity index (χ0) is 14.3. The molecule has 0 aliphatic heterocycles. The van der Waals surface area contributed by atoms with Crippen LogP contribution >= 0.6 is 11.8 Å². The number of thioether (sulfide) groups is 1. The maximum atomic E-state index is 6.01. The predicted octanol–water partition coefficient (Wildman–Crippen LogP) is 2.97. The Morgan fingerprint density at radius 1 is 1.32 bits per heavy atom. The summed E-state index contributed by atoms with van der Waals surface area (Å²) in [6.07, 6.45) is 4.75. The molecule has 1 saturated carbocycles. The van der Waals surface area contributed by atoms with Crippen molar-refractivity contribution in [3.05, 3.63) is 11.4 Å². The molecule has 3 N–H and O–H groups in total. The molecule has 106 valence electrons. The first-order chi connectivity index (χ1) is 8.77. The number of anilines is 2. The van der Waals surface area contributed by atoms with Gasteiger partial charge in [0.05, 0.1) is 0 Å². The van der Waals surface area contributed by atoms with Crippen LogP contribution in [0.3, 0.4) is 0 Å². The van der Waals surface area contributed by atoms with Gasteiger partial charge in [-0.1, -0.05) is 20.8 Å². The van der Waals surface area contributed by atoms with E-state index in [-0.39, 0.29) is 5.41 Å². The van der Waals surface area contributed by atoms with Gasteiger partial charge in [-0.15, -0.1) is 0 Å². The van der Waals surface area contributed by atoms with Crippen LogP contribution in [0.4, 0.5) is 11.6 Å². The van der Waals surface area contributed by atoms with Crippen LogP contribution in [0.5, 0.6) is 0 Å². The van der Waals surface area contributed by atoms with Crippen LogP contribution in [0.15, 0.2) is 0 Å². The van der Waals surface area contributed by atoms with Gasteiger partial charge in [0.25, 0.3) is 0 Å². The first-order valence-corrected chi connectivity index (χ1v) is 7.93. The minimum absolute atomic E-state index is 0.0883. The standard InChI is InChI=1S/C14H24N4S/c1-9-10(15)17-12(13(2,3)4)18-11(9)16-8-14(19-5)6-7-14/h6-8H2,1-5H3,(H3,15,16,17,18). The van der Waals surface area contributed by atoms with Gasteiger partial charge >= 0.3 is 0 Å². The number of hydrogen-bond donors (Lipinski definition) is 2. The van der Waals surface area contributed by atoms with Gasteiger partial charge in [-0.3, -0.25) is 0 Å². The fourth-order valence-electron chi connectivity index (χ4n) is 1.88. The average molecular weight is 280 g/mol. The van der Waals surface area contributed by atoms with Crippen LogP contribution in [0, 0.1) is 6.92 Å². The number of rotatable bonds is 4. The summed E-state index contributed by atoms with van der Waals surface area (Å²) in [5.74, 6) is 2.27. The SMILES string of the molecule is CSC1(CNc2nc(C(C)(C)C)nc(N)c2C)CC1. The predicted molar refractivity (Wildman–Crippen MR) is 83.9 cm³/mol. The van der Waals surface area contributed by atoms with E-state index < -0.39 is 0 Å². The summed E-state index contributed by atoms with van der Waals surface area (Å²) >= 11 is 1.94. The summed E-state index contributed by atoms with van der Waals surface area (Å²) in [6.45, 7) is 9.24. The monoisotopic (exact) mass is 280 g/mol. The maximum Gasteiger partial charge on any atom is 0.138 e. The molecule has 1 aliphatic rings. The molecule has 0 aromatic carbocycles. The van der Waals surface area contributed by atoms with E-state index in [2.05, 4.69) is 42.3 Å². The Hall–Kier alpha value is -0.970. The van der Waals surface area contributed by atoms with Crippen LogP contribution in [0.1, 0.15) is 45.0 Å². The largest absolute Gasteiger partial charge is 0.383 e. The molecule has 2 rings (SSSR count). The minimum atomic E-state index is -0.0883. The highest BCUT2D eigenvalue weighted by Crippen LogP contribution is 2.47. The molecule has 1 aromatic heterocycles. The second-order valence-electron chi connectivity index (χ2n) is 6.40. The van der Waals surface area contributed by atoms with Crippen LogP contribution in [-0.4, -0.2) is 27.5 Å². The number of nitrogen functional groups attached to an aromatic ring is 1. The van der Waals surface area contributed by atoms with Crippen molar-refractivity contribution in [2.45, 2.75) is 50.7 Å². The van der Waals surface area contributed by atoms with E-state index in [4.69, 9.17) is 5.73 Å². The summed E-state index contributed by atoms with van der Waals surface area (Å²) in [4.78, 5) is 9.06. The molecule has 0 atom stereocenters. The summed E-state index contributed by atoms with van der Waals surface area (Å²) in [5.41, 5.74) is 6.87. The molecule has 1 fully saturated rings. The fraction of sp³-hybridized carbons (Fsp3) is 0.714. The van der Waals surface area contributed by atoms with E-state index in [0.29, 0.717) is 10.6 Å². The second-order valence-corrected chi connectivity index (χ2v) is 7.67. The van der Waals surface area contributed by atoms with Crippen molar-refractivity contribution in [3.8, 4) is 0 Å². The molecule has 1 heterocycles. The van der Waals surface area contributed by atoms with E-state index in [1.807, 2.05) is 18.7 Å². The van der Waals surface area contributed by atoms with Crippen LogP contribution < -0.4 is 11.1 Å². The van der Waals surface area contributed by atoms with Gasteiger partial charge in [0, 0.05) is 22.3 Å². The maximum absolute atomic E-state index is 6.01. The van der Waals surface area contributed by atoms with Gasteiger partial charge in [0.1, 0.15) is 17.5 Å². The number of nitrogens with one attached hydrogen (secondary N) is 1. The molecule has 0 saturated heterocycles. The highest BCUT2D eigenvalue weighted by Gasteiger charge is 2.41. The zero-order valence-corrected chi connectivity index (χ0v) is 13.3. The van der Waals surface area contributed by atoms with Gasteiger partial charge < -0.3 is 11.1 Å². The lowest BCUT2D eigenvalue weighted by Gasteiger charge is -2.21. The number of nitrogens with two attached hydrogens (primary N) is 1. The Balaban J connectivity index is 2.21. The molecule has 0 bridgehead atoms. The molecule has 0 unspecified atom stereocenters. The zero-order valence-electron chi connectivity index (χ0n) is 12.5. The minimum Gasteiger partial charge on any atom is -0.383 e. The topological polar surface area (TPSA) is 63.8 Å². The molecule has 0 amide bonds. The third-order valence-corrected chi connectivity index (χ3v) is 5.09. The number of nitrogens with zero attached hydrogens (tertiary/aromatic N) is 2. The van der Waals surface area contributed by atoms with Crippen molar-refractivity contribution in [2.24, 2.45) is 0 Å². The molecule has 5 heteroatoms. The van der Waals surface area contributed by atoms with E-state index in [9.17, 15) is 0 Å². The van der Waals surface area contributed by atoms with E-state index >= 15 is 0 Å². The summed E-state index contributed by atoms with van der Waals surface area (Å²) in [6, 6.07) is 0. The molecular formula is C14H24N4S. The lowest BCUT2D eigenvalue weighted by atomic mass is 9.95. The van der Waals surface area contributed by atoms with Gasteiger partial charge in [0.15, 0.2) is 0 Å². The average Bonchev–Trinajstić information content (AvgIpc) is 3.10. The van der Waals surface area contributed by atoms with Gasteiger partial charge in [-0.2, -0.15) is 11.8 Å². The Kier molecular flexibility index (Phi) is 3.69. The molecular weight excluding hydrogens is 256 g/mol. The van der Waals surface area contributed by atoms with E-state index in [1.54, 1.807) is 0 Å². The Morgan fingerprint density at radius 2 is 1.95 bits per heavy atom. The lowest BCUT2D eigenvalue weighted by molar-refractivity contribution is 0.546. The quantitative estimate of drug-likeness (QED) is 0.887. The summed E-state index contributed by atoms with van der Waals surface area (Å²) < 4.78 is 0.411. The fourth-order valence-corrected chi connectivity index (χ4v) is 2.61. The van der Waals surface area contributed by atoms with Gasteiger partial charge in [-0.05, 0) is 26.0 Å². The number of hydrogen-bond acceptors (Lipinski definition) is 5. The first-order valence-electron chi connectivity index (χ1n) is 6.71. The molecule has 19 heavy (non-hydrogen) atoms. The summed E-state index contributed by atoms with van der Waals surface area (Å²) in [7, 11) is 0. The van der Waals surface area contributed by atoms with Gasteiger partial charge in [0.2, 0.25) is 0 Å². The normalized spacial score (nSPS) is 17.3. The number of aromatic nitrogens is 2. The van der Waals surface area contributed by atoms with Crippen molar-refractivity contribution in [3.63, 3.8) is 0 Å². The van der Waals surface area contributed by atoms with Crippen LogP contribution in [0.2, 0.25) is 0 Å². The third-order valence-electron chi connectivity index (χ3n) is 3.67. The van der Waals surface area contributed by atoms with Crippen LogP contribution in [0.25, 0.3) is 0 Å². The third kappa shape index (κ3) is 3.14. The molecule has 1 aromatic rings. The second kappa shape index (κ2) is 4.85. The van der Waals surface area contributed by atoms with Crippen molar-refractivity contribution in [1.82, 2.24) is 9.97 Å². The van der Waals surface area contributed by atoms with Crippen molar-refractivity contribution < 1.29 is 0 Å². The molecule has 4 nitrogen and oxygen atoms in total. The Morgan fingerprint density at radius 3 is 2.42 bits per heavy atom.